The number of piperidine rings is 1. The Bertz CT molecular complexity index is 1230. The third-order valence-corrected chi connectivity index (χ3v) is 7.32. The highest BCUT2D eigenvalue weighted by atomic mass is 35.5. The van der Waals surface area contributed by atoms with Crippen LogP contribution in [0.5, 0.6) is 0 Å². The van der Waals surface area contributed by atoms with E-state index in [-0.39, 0.29) is 17.5 Å². The first-order valence-electron chi connectivity index (χ1n) is 11.6. The summed E-state index contributed by atoms with van der Waals surface area (Å²) >= 11 is 7.24. The molecule has 1 fully saturated rings. The number of nitrogens with one attached hydrogen (secondary N) is 2. The van der Waals surface area contributed by atoms with E-state index in [0.717, 1.165) is 16.0 Å². The minimum atomic E-state index is -0.567. The van der Waals surface area contributed by atoms with E-state index in [1.54, 1.807) is 18.2 Å². The number of primary amides is 1. The van der Waals surface area contributed by atoms with Crippen LogP contribution in [0.15, 0.2) is 60.7 Å². The van der Waals surface area contributed by atoms with Gasteiger partial charge in [-0.25, -0.2) is 14.4 Å². The largest absolute Gasteiger partial charge is 0.456 e. The summed E-state index contributed by atoms with van der Waals surface area (Å²) in [5.74, 6) is -0.567. The second kappa shape index (κ2) is 11.5. The van der Waals surface area contributed by atoms with E-state index >= 15 is 0 Å². The van der Waals surface area contributed by atoms with Crippen molar-refractivity contribution in [3.05, 3.63) is 76.1 Å². The van der Waals surface area contributed by atoms with Crippen molar-refractivity contribution in [2.24, 2.45) is 5.73 Å². The molecule has 2 heterocycles. The third-order valence-electron chi connectivity index (χ3n) is 5.91. The number of rotatable bonds is 6. The lowest BCUT2D eigenvalue weighted by molar-refractivity contribution is 0.0134. The van der Waals surface area contributed by atoms with Crippen molar-refractivity contribution in [1.82, 2.24) is 10.2 Å². The van der Waals surface area contributed by atoms with Crippen LogP contribution in [-0.4, -0.2) is 42.1 Å². The number of benzene rings is 2. The van der Waals surface area contributed by atoms with Crippen molar-refractivity contribution in [2.45, 2.75) is 31.9 Å². The van der Waals surface area contributed by atoms with E-state index in [0.29, 0.717) is 30.1 Å². The molecule has 4 rings (SSSR count). The first kappa shape index (κ1) is 25.5. The summed E-state index contributed by atoms with van der Waals surface area (Å²) in [6, 6.07) is 17.3. The van der Waals surface area contributed by atoms with Crippen LogP contribution in [0.25, 0.3) is 10.4 Å². The van der Waals surface area contributed by atoms with E-state index < -0.39 is 24.1 Å². The number of hydrogen-bond donors (Lipinski definition) is 3. The van der Waals surface area contributed by atoms with Gasteiger partial charge in [0.15, 0.2) is 0 Å². The normalized spacial score (nSPS) is 16.2. The molecule has 36 heavy (non-hydrogen) atoms. The van der Waals surface area contributed by atoms with Gasteiger partial charge in [0.25, 0.3) is 0 Å². The molecular weight excluding hydrogens is 500 g/mol. The van der Waals surface area contributed by atoms with E-state index in [4.69, 9.17) is 22.1 Å². The number of amides is 4. The number of ether oxygens (including phenoxy) is 1. The fourth-order valence-electron chi connectivity index (χ4n) is 4.01. The number of esters is 1. The van der Waals surface area contributed by atoms with Gasteiger partial charge in [0, 0.05) is 16.4 Å². The van der Waals surface area contributed by atoms with Crippen LogP contribution in [0.1, 0.15) is 41.0 Å². The Balaban J connectivity index is 1.54. The van der Waals surface area contributed by atoms with E-state index in [2.05, 4.69) is 10.6 Å². The summed E-state index contributed by atoms with van der Waals surface area (Å²) in [4.78, 5) is 40.1. The summed E-state index contributed by atoms with van der Waals surface area (Å²) in [5, 5.41) is 6.30. The summed E-state index contributed by atoms with van der Waals surface area (Å²) in [6.07, 6.45) is 0.842. The van der Waals surface area contributed by atoms with Gasteiger partial charge in [0.1, 0.15) is 11.0 Å². The summed E-state index contributed by atoms with van der Waals surface area (Å²) in [6.45, 7) is 2.66. The molecule has 1 saturated heterocycles. The highest BCUT2D eigenvalue weighted by Gasteiger charge is 2.28. The zero-order chi connectivity index (χ0) is 25.7. The van der Waals surface area contributed by atoms with Gasteiger partial charge in [-0.3, -0.25) is 0 Å². The highest BCUT2D eigenvalue weighted by molar-refractivity contribution is 7.18. The Morgan fingerprint density at radius 2 is 1.86 bits per heavy atom. The molecule has 1 aliphatic heterocycles. The molecule has 0 bridgehead atoms. The monoisotopic (exact) mass is 526 g/mol. The second-order valence-corrected chi connectivity index (χ2v) is 10.0. The summed E-state index contributed by atoms with van der Waals surface area (Å²) in [7, 11) is 0. The number of hydrogen-bond acceptors (Lipinski definition) is 5. The molecule has 10 heteroatoms. The number of anilines is 1. The molecule has 1 aliphatic rings. The first-order chi connectivity index (χ1) is 17.3. The Kier molecular flexibility index (Phi) is 8.12. The number of likely N-dealkylation sites (tertiary alicyclic amines) is 1. The predicted octanol–water partition coefficient (Wildman–Crippen LogP) is 5.65. The van der Waals surface area contributed by atoms with Crippen molar-refractivity contribution < 1.29 is 19.1 Å². The maximum atomic E-state index is 13.2. The van der Waals surface area contributed by atoms with E-state index in [1.165, 1.54) is 16.2 Å². The SMILES string of the molecule is CC(NC(=O)Nc1cc(-c2ccc(Cl)cc2)sc1C(=O)OC1CCCN(C(N)=O)C1)c1ccccc1. The molecule has 8 nitrogen and oxygen atoms in total. The van der Waals surface area contributed by atoms with Gasteiger partial charge in [-0.1, -0.05) is 54.1 Å². The molecule has 2 atom stereocenters. The van der Waals surface area contributed by atoms with Crippen molar-refractivity contribution in [3.8, 4) is 10.4 Å². The average molecular weight is 527 g/mol. The van der Waals surface area contributed by atoms with Crippen LogP contribution < -0.4 is 16.4 Å². The van der Waals surface area contributed by atoms with Gasteiger partial charge in [0.05, 0.1) is 18.3 Å². The molecule has 0 aliphatic carbocycles. The Hall–Kier alpha value is -3.56. The molecular formula is C26H27ClN4O4S. The molecule has 0 radical (unpaired) electrons. The minimum absolute atomic E-state index is 0.238. The quantitative estimate of drug-likeness (QED) is 0.360. The maximum Gasteiger partial charge on any atom is 0.350 e. The number of nitrogens with two attached hydrogens (primary N) is 1. The molecule has 0 spiro atoms. The highest BCUT2D eigenvalue weighted by Crippen LogP contribution is 2.36. The Labute approximate surface area is 218 Å². The van der Waals surface area contributed by atoms with E-state index in [9.17, 15) is 14.4 Å². The van der Waals surface area contributed by atoms with Gasteiger partial charge in [-0.05, 0) is 49.1 Å². The van der Waals surface area contributed by atoms with Gasteiger partial charge in [-0.2, -0.15) is 0 Å². The van der Waals surface area contributed by atoms with Gasteiger partial charge < -0.3 is 26.0 Å². The topological polar surface area (TPSA) is 114 Å². The summed E-state index contributed by atoms with van der Waals surface area (Å²) < 4.78 is 5.73. The number of thiophene rings is 1. The van der Waals surface area contributed by atoms with Crippen LogP contribution in [0, 0.1) is 0 Å². The molecule has 3 aromatic rings. The second-order valence-electron chi connectivity index (χ2n) is 8.54. The first-order valence-corrected chi connectivity index (χ1v) is 12.8. The predicted molar refractivity (Wildman–Crippen MR) is 141 cm³/mol. The maximum absolute atomic E-state index is 13.2. The Morgan fingerprint density at radius 1 is 1.14 bits per heavy atom. The van der Waals surface area contributed by atoms with Crippen molar-refractivity contribution >= 4 is 46.7 Å². The third kappa shape index (κ3) is 6.35. The van der Waals surface area contributed by atoms with Gasteiger partial charge >= 0.3 is 18.0 Å². The van der Waals surface area contributed by atoms with Gasteiger partial charge in [-0.15, -0.1) is 11.3 Å². The van der Waals surface area contributed by atoms with Crippen LogP contribution in [0.3, 0.4) is 0 Å². The number of halogens is 1. The molecule has 4 N–H and O–H groups in total. The minimum Gasteiger partial charge on any atom is -0.456 e. The van der Waals surface area contributed by atoms with Crippen LogP contribution in [0.2, 0.25) is 5.02 Å². The van der Waals surface area contributed by atoms with E-state index in [1.807, 2.05) is 49.4 Å². The summed E-state index contributed by atoms with van der Waals surface area (Å²) in [5.41, 5.74) is 7.54. The molecule has 0 saturated carbocycles. The van der Waals surface area contributed by atoms with Gasteiger partial charge in [0.2, 0.25) is 0 Å². The Morgan fingerprint density at radius 3 is 2.56 bits per heavy atom. The molecule has 2 aromatic carbocycles. The number of nitrogens with zero attached hydrogens (tertiary/aromatic N) is 1. The lowest BCUT2D eigenvalue weighted by atomic mass is 10.1. The number of carbonyl (C=O) groups excluding carboxylic acids is 3. The van der Waals surface area contributed by atoms with Crippen LogP contribution in [-0.2, 0) is 4.74 Å². The lowest BCUT2D eigenvalue weighted by Gasteiger charge is -2.31. The zero-order valence-corrected chi connectivity index (χ0v) is 21.3. The zero-order valence-electron chi connectivity index (χ0n) is 19.7. The average Bonchev–Trinajstić information content (AvgIpc) is 3.28. The van der Waals surface area contributed by atoms with Crippen LogP contribution in [0.4, 0.5) is 15.3 Å². The fourth-order valence-corrected chi connectivity index (χ4v) is 5.14. The fraction of sp³-hybridized carbons (Fsp3) is 0.269. The standard InChI is InChI=1S/C26H27ClN4O4S/c1-16(17-6-3-2-4-7-17)29-26(34)30-21-14-22(18-9-11-19(27)12-10-18)36-23(21)24(32)35-20-8-5-13-31(15-20)25(28)33/h2-4,6-7,9-12,14,16,20H,5,8,13,15H2,1H3,(H2,28,33)(H2,29,30,34). The molecule has 4 amide bonds. The molecule has 1 aromatic heterocycles. The smallest absolute Gasteiger partial charge is 0.350 e. The molecule has 2 unspecified atom stereocenters. The van der Waals surface area contributed by atoms with Crippen molar-refractivity contribution in [2.75, 3.05) is 18.4 Å². The number of urea groups is 2. The van der Waals surface area contributed by atoms with Crippen molar-refractivity contribution in [3.63, 3.8) is 0 Å². The molecule has 188 valence electrons. The van der Waals surface area contributed by atoms with Crippen molar-refractivity contribution in [1.29, 1.82) is 0 Å². The van der Waals surface area contributed by atoms with Crippen LogP contribution >= 0.6 is 22.9 Å². The lowest BCUT2D eigenvalue weighted by Crippen LogP contribution is -2.46. The number of carbonyl (C=O) groups is 3.